The van der Waals surface area contributed by atoms with Crippen molar-refractivity contribution < 1.29 is 23.9 Å². The highest BCUT2D eigenvalue weighted by molar-refractivity contribution is 7.99. The molecule has 1 N–H and O–H groups in total. The van der Waals surface area contributed by atoms with Crippen LogP contribution in [-0.4, -0.2) is 71.0 Å². The number of ether oxygens (including phenoxy) is 2. The molecule has 0 saturated heterocycles. The lowest BCUT2D eigenvalue weighted by Crippen LogP contribution is -2.21. The van der Waals surface area contributed by atoms with Crippen molar-refractivity contribution >= 4 is 45.9 Å². The number of carbonyl (C=O) groups excluding carboxylic acids is 3. The van der Waals surface area contributed by atoms with Crippen molar-refractivity contribution in [3.63, 3.8) is 0 Å². The molecule has 12 heteroatoms. The molecule has 1 aromatic carbocycles. The first-order valence-corrected chi connectivity index (χ1v) is 14.0. The van der Waals surface area contributed by atoms with Gasteiger partial charge in [0.2, 0.25) is 5.91 Å². The molecule has 2 heterocycles. The number of thiophene rings is 1. The first-order valence-electron chi connectivity index (χ1n) is 12.2. The number of nitrogens with zero attached hydrogens (tertiary/aromatic N) is 4. The maximum Gasteiger partial charge on any atom is 0.341 e. The molecular formula is C27H33N5O5S2. The van der Waals surface area contributed by atoms with Gasteiger partial charge in [-0.15, -0.1) is 28.1 Å². The molecule has 2 aromatic heterocycles. The van der Waals surface area contributed by atoms with E-state index in [1.165, 1.54) is 23.8 Å². The summed E-state index contributed by atoms with van der Waals surface area (Å²) in [5.41, 5.74) is 1.49. The Balaban J connectivity index is 1.76. The van der Waals surface area contributed by atoms with Crippen molar-refractivity contribution in [2.75, 3.05) is 38.9 Å². The lowest BCUT2D eigenvalue weighted by Gasteiger charge is -2.10. The second-order valence-electron chi connectivity index (χ2n) is 9.22. The standard InChI is InChI=1S/C27H33N5O5S2/c1-8-13-32-23(18-9-11-19(12-10-18)37-14-16(2)3)29-30-27(32)38-15-20(33)28-24-21(26(35)36-7)17(4)22(39-24)25(34)31(5)6/h8-12,16H,1,13-15H2,2-7H3,(H,28,33). The highest BCUT2D eigenvalue weighted by Crippen LogP contribution is 2.35. The Hall–Kier alpha value is -3.64. The summed E-state index contributed by atoms with van der Waals surface area (Å²) >= 11 is 2.25. The SMILES string of the molecule is C=CCn1c(SCC(=O)Nc2sc(C(=O)N(C)C)c(C)c2C(=O)OC)nnc1-c1ccc(OCC(C)C)cc1. The molecule has 0 spiro atoms. The van der Waals surface area contributed by atoms with E-state index in [-0.39, 0.29) is 28.1 Å². The van der Waals surface area contributed by atoms with Gasteiger partial charge in [0.1, 0.15) is 10.8 Å². The van der Waals surface area contributed by atoms with Gasteiger partial charge in [-0.2, -0.15) is 0 Å². The Labute approximate surface area is 236 Å². The molecule has 0 saturated carbocycles. The summed E-state index contributed by atoms with van der Waals surface area (Å²) in [5, 5.41) is 12.2. The van der Waals surface area contributed by atoms with E-state index >= 15 is 0 Å². The number of carbonyl (C=O) groups is 3. The summed E-state index contributed by atoms with van der Waals surface area (Å²) < 4.78 is 12.5. The smallest absolute Gasteiger partial charge is 0.341 e. The van der Waals surface area contributed by atoms with E-state index < -0.39 is 5.97 Å². The van der Waals surface area contributed by atoms with E-state index in [1.807, 2.05) is 28.8 Å². The number of benzene rings is 1. The van der Waals surface area contributed by atoms with Gasteiger partial charge >= 0.3 is 5.97 Å². The molecule has 0 unspecified atom stereocenters. The third-order valence-electron chi connectivity index (χ3n) is 5.45. The number of methoxy groups -OCH3 is 1. The van der Waals surface area contributed by atoms with Crippen molar-refractivity contribution in [1.29, 1.82) is 0 Å². The zero-order valence-corrected chi connectivity index (χ0v) is 24.6. The van der Waals surface area contributed by atoms with Crippen molar-refractivity contribution in [3.8, 4) is 17.1 Å². The summed E-state index contributed by atoms with van der Waals surface area (Å²) in [7, 11) is 4.50. The minimum absolute atomic E-state index is 0.00573. The molecule has 208 valence electrons. The molecule has 2 amide bonds. The fourth-order valence-corrected chi connectivity index (χ4v) is 5.50. The van der Waals surface area contributed by atoms with Crippen LogP contribution in [0.15, 0.2) is 42.1 Å². The van der Waals surface area contributed by atoms with Gasteiger partial charge in [0.25, 0.3) is 5.91 Å². The molecule has 3 rings (SSSR count). The summed E-state index contributed by atoms with van der Waals surface area (Å²) in [6.07, 6.45) is 1.73. The van der Waals surface area contributed by atoms with Gasteiger partial charge in [-0.25, -0.2) is 4.79 Å². The normalized spacial score (nSPS) is 10.8. The number of hydrogen-bond acceptors (Lipinski definition) is 9. The van der Waals surface area contributed by atoms with Crippen molar-refractivity contribution in [3.05, 3.63) is 52.9 Å². The van der Waals surface area contributed by atoms with Gasteiger partial charge in [-0.1, -0.05) is 31.7 Å². The average molecular weight is 572 g/mol. The van der Waals surface area contributed by atoms with Crippen molar-refractivity contribution in [2.45, 2.75) is 32.5 Å². The van der Waals surface area contributed by atoms with Gasteiger partial charge in [0, 0.05) is 26.2 Å². The predicted octanol–water partition coefficient (Wildman–Crippen LogP) is 4.76. The van der Waals surface area contributed by atoms with E-state index in [2.05, 4.69) is 35.9 Å². The largest absolute Gasteiger partial charge is 0.493 e. The number of thioether (sulfide) groups is 1. The Kier molecular flexibility index (Phi) is 10.3. The molecule has 0 radical (unpaired) electrons. The number of hydrogen-bond donors (Lipinski definition) is 1. The first-order chi connectivity index (χ1) is 18.6. The molecule has 0 atom stereocenters. The van der Waals surface area contributed by atoms with Crippen LogP contribution in [0.2, 0.25) is 0 Å². The van der Waals surface area contributed by atoms with Crippen LogP contribution in [0.25, 0.3) is 11.4 Å². The zero-order valence-electron chi connectivity index (χ0n) is 22.9. The maximum atomic E-state index is 12.9. The van der Waals surface area contributed by atoms with Crippen molar-refractivity contribution in [1.82, 2.24) is 19.7 Å². The van der Waals surface area contributed by atoms with E-state index in [4.69, 9.17) is 9.47 Å². The number of nitrogens with one attached hydrogen (secondary N) is 1. The van der Waals surface area contributed by atoms with Crippen LogP contribution in [-0.2, 0) is 16.1 Å². The quantitative estimate of drug-likeness (QED) is 0.188. The molecule has 10 nitrogen and oxygen atoms in total. The van der Waals surface area contributed by atoms with Crippen LogP contribution in [0.3, 0.4) is 0 Å². The minimum Gasteiger partial charge on any atom is -0.493 e. The fourth-order valence-electron chi connectivity index (χ4n) is 3.52. The van der Waals surface area contributed by atoms with Crippen LogP contribution in [0.1, 0.15) is 39.4 Å². The van der Waals surface area contributed by atoms with Crippen LogP contribution in [0.5, 0.6) is 5.75 Å². The van der Waals surface area contributed by atoms with Crippen LogP contribution >= 0.6 is 23.1 Å². The molecule has 3 aromatic rings. The molecule has 0 bridgehead atoms. The van der Waals surface area contributed by atoms with Gasteiger partial charge in [-0.3, -0.25) is 14.2 Å². The Morgan fingerprint density at radius 3 is 2.49 bits per heavy atom. The topological polar surface area (TPSA) is 116 Å². The van der Waals surface area contributed by atoms with E-state index in [1.54, 1.807) is 27.1 Å². The van der Waals surface area contributed by atoms with E-state index in [0.29, 0.717) is 40.5 Å². The lowest BCUT2D eigenvalue weighted by molar-refractivity contribution is -0.113. The van der Waals surface area contributed by atoms with Gasteiger partial charge < -0.3 is 19.7 Å². The van der Waals surface area contributed by atoms with E-state index in [0.717, 1.165) is 22.6 Å². The first kappa shape index (κ1) is 29.9. The summed E-state index contributed by atoms with van der Waals surface area (Å²) in [6, 6.07) is 7.62. The molecule has 0 aliphatic heterocycles. The number of anilines is 1. The van der Waals surface area contributed by atoms with Gasteiger partial charge in [0.15, 0.2) is 11.0 Å². The highest BCUT2D eigenvalue weighted by Gasteiger charge is 2.27. The van der Waals surface area contributed by atoms with Crippen molar-refractivity contribution in [2.24, 2.45) is 5.92 Å². The van der Waals surface area contributed by atoms with Crippen LogP contribution in [0.4, 0.5) is 5.00 Å². The third kappa shape index (κ3) is 7.27. The monoisotopic (exact) mass is 571 g/mol. The average Bonchev–Trinajstić information content (AvgIpc) is 3.45. The zero-order chi connectivity index (χ0) is 28.7. The fraction of sp³-hybridized carbons (Fsp3) is 0.370. The third-order valence-corrected chi connectivity index (χ3v) is 7.61. The molecule has 0 fully saturated rings. The lowest BCUT2D eigenvalue weighted by atomic mass is 10.1. The molecule has 39 heavy (non-hydrogen) atoms. The number of rotatable bonds is 12. The second kappa shape index (κ2) is 13.4. The molecular weight excluding hydrogens is 538 g/mol. The maximum absolute atomic E-state index is 12.9. The number of allylic oxidation sites excluding steroid dienone is 1. The summed E-state index contributed by atoms with van der Waals surface area (Å²) in [6.45, 7) is 10.8. The Morgan fingerprint density at radius 1 is 1.21 bits per heavy atom. The van der Waals surface area contributed by atoms with Crippen LogP contribution in [0, 0.1) is 12.8 Å². The summed E-state index contributed by atoms with van der Waals surface area (Å²) in [5.74, 6) is 0.599. The Morgan fingerprint density at radius 2 is 1.90 bits per heavy atom. The molecule has 0 aliphatic carbocycles. The van der Waals surface area contributed by atoms with Gasteiger partial charge in [-0.05, 0) is 42.7 Å². The number of amides is 2. The Bertz CT molecular complexity index is 1350. The number of aromatic nitrogens is 3. The number of esters is 1. The summed E-state index contributed by atoms with van der Waals surface area (Å²) in [4.78, 5) is 39.7. The second-order valence-corrected chi connectivity index (χ2v) is 11.2. The van der Waals surface area contributed by atoms with Gasteiger partial charge in [0.05, 0.1) is 29.9 Å². The molecule has 0 aliphatic rings. The minimum atomic E-state index is -0.625. The van der Waals surface area contributed by atoms with Crippen LogP contribution < -0.4 is 10.1 Å². The predicted molar refractivity (Wildman–Crippen MR) is 154 cm³/mol. The highest BCUT2D eigenvalue weighted by atomic mass is 32.2. The van der Waals surface area contributed by atoms with E-state index in [9.17, 15) is 14.4 Å².